The van der Waals surface area contributed by atoms with Crippen LogP contribution in [-0.2, 0) is 9.84 Å². The third-order valence-corrected chi connectivity index (χ3v) is 5.41. The summed E-state index contributed by atoms with van der Waals surface area (Å²) >= 11 is 0. The average Bonchev–Trinajstić information content (AvgIpc) is 2.47. The van der Waals surface area contributed by atoms with Crippen molar-refractivity contribution in [3.63, 3.8) is 0 Å². The smallest absolute Gasteiger partial charge is 0.151 e. The monoisotopic (exact) mass is 307 g/mol. The second-order valence-electron chi connectivity index (χ2n) is 5.14. The molecule has 0 aliphatic carbocycles. The summed E-state index contributed by atoms with van der Waals surface area (Å²) in [6.07, 6.45) is 0. The van der Waals surface area contributed by atoms with Crippen molar-refractivity contribution in [2.75, 3.05) is 18.1 Å². The SMILES string of the molecule is CCS(=O)(=O)CCNC(C)c1ccc2ccccc2c1O. The van der Waals surface area contributed by atoms with Crippen molar-refractivity contribution in [1.82, 2.24) is 5.32 Å². The zero-order valence-electron chi connectivity index (χ0n) is 12.3. The number of aromatic hydroxyl groups is 1. The van der Waals surface area contributed by atoms with Gasteiger partial charge in [-0.05, 0) is 12.3 Å². The van der Waals surface area contributed by atoms with E-state index in [0.717, 1.165) is 16.3 Å². The summed E-state index contributed by atoms with van der Waals surface area (Å²) in [7, 11) is -2.97. The maximum atomic E-state index is 11.5. The minimum absolute atomic E-state index is 0.110. The Morgan fingerprint density at radius 1 is 1.19 bits per heavy atom. The standard InChI is InChI=1S/C16H21NO3S/c1-3-21(19,20)11-10-17-12(2)14-9-8-13-6-4-5-7-15(13)16(14)18/h4-9,12,17-18H,3,10-11H2,1-2H3. The quantitative estimate of drug-likeness (QED) is 0.861. The minimum Gasteiger partial charge on any atom is -0.507 e. The highest BCUT2D eigenvalue weighted by molar-refractivity contribution is 7.91. The fourth-order valence-electron chi connectivity index (χ4n) is 2.31. The van der Waals surface area contributed by atoms with Crippen molar-refractivity contribution in [2.45, 2.75) is 19.9 Å². The van der Waals surface area contributed by atoms with Crippen LogP contribution in [0.25, 0.3) is 10.8 Å². The first-order chi connectivity index (χ1) is 9.94. The molecule has 2 aromatic carbocycles. The molecule has 2 N–H and O–H groups in total. The summed E-state index contributed by atoms with van der Waals surface area (Å²) in [5.74, 6) is 0.526. The molecule has 1 unspecified atom stereocenters. The Morgan fingerprint density at radius 3 is 2.62 bits per heavy atom. The first kappa shape index (κ1) is 15.8. The molecule has 0 aliphatic heterocycles. The van der Waals surface area contributed by atoms with Crippen LogP contribution in [0.2, 0.25) is 0 Å². The van der Waals surface area contributed by atoms with Gasteiger partial charge in [0, 0.05) is 29.3 Å². The number of nitrogens with one attached hydrogen (secondary N) is 1. The molecule has 1 atom stereocenters. The van der Waals surface area contributed by atoms with E-state index in [1.165, 1.54) is 0 Å². The Bertz CT molecular complexity index is 725. The number of hydrogen-bond acceptors (Lipinski definition) is 4. The van der Waals surface area contributed by atoms with Gasteiger partial charge >= 0.3 is 0 Å². The molecule has 2 aromatic rings. The normalized spacial score (nSPS) is 13.4. The Labute approximate surface area is 125 Å². The lowest BCUT2D eigenvalue weighted by Gasteiger charge is -2.17. The molecule has 114 valence electrons. The van der Waals surface area contributed by atoms with E-state index in [9.17, 15) is 13.5 Å². The van der Waals surface area contributed by atoms with Gasteiger partial charge in [0.1, 0.15) is 5.75 Å². The number of hydrogen-bond donors (Lipinski definition) is 2. The van der Waals surface area contributed by atoms with Crippen molar-refractivity contribution in [2.24, 2.45) is 0 Å². The molecule has 0 spiro atoms. The Hall–Kier alpha value is -1.59. The second kappa shape index (κ2) is 6.45. The third-order valence-electron chi connectivity index (χ3n) is 3.70. The first-order valence-corrected chi connectivity index (χ1v) is 8.91. The number of fused-ring (bicyclic) bond motifs is 1. The zero-order valence-corrected chi connectivity index (χ0v) is 13.2. The largest absolute Gasteiger partial charge is 0.507 e. The third kappa shape index (κ3) is 3.74. The van der Waals surface area contributed by atoms with Gasteiger partial charge < -0.3 is 10.4 Å². The van der Waals surface area contributed by atoms with Crippen LogP contribution in [0.4, 0.5) is 0 Å². The highest BCUT2D eigenvalue weighted by atomic mass is 32.2. The van der Waals surface area contributed by atoms with E-state index in [-0.39, 0.29) is 23.3 Å². The van der Waals surface area contributed by atoms with Crippen molar-refractivity contribution >= 4 is 20.6 Å². The molecule has 2 rings (SSSR count). The van der Waals surface area contributed by atoms with E-state index < -0.39 is 9.84 Å². The first-order valence-electron chi connectivity index (χ1n) is 7.09. The van der Waals surface area contributed by atoms with Gasteiger partial charge in [0.2, 0.25) is 0 Å². The van der Waals surface area contributed by atoms with Crippen LogP contribution in [0.1, 0.15) is 25.5 Å². The van der Waals surface area contributed by atoms with Gasteiger partial charge in [0.25, 0.3) is 0 Å². The number of rotatable bonds is 6. The van der Waals surface area contributed by atoms with Crippen molar-refractivity contribution in [3.8, 4) is 5.75 Å². The maximum Gasteiger partial charge on any atom is 0.151 e. The molecule has 0 aliphatic rings. The van der Waals surface area contributed by atoms with Crippen molar-refractivity contribution < 1.29 is 13.5 Å². The van der Waals surface area contributed by atoms with Crippen LogP contribution in [-0.4, -0.2) is 31.6 Å². The zero-order chi connectivity index (χ0) is 15.5. The summed E-state index contributed by atoms with van der Waals surface area (Å²) in [6, 6.07) is 11.4. The summed E-state index contributed by atoms with van der Waals surface area (Å²) < 4.78 is 22.9. The predicted octanol–water partition coefficient (Wildman–Crippen LogP) is 2.63. The van der Waals surface area contributed by atoms with Crippen LogP contribution in [0.5, 0.6) is 5.75 Å². The summed E-state index contributed by atoms with van der Waals surface area (Å²) in [4.78, 5) is 0. The molecule has 0 saturated carbocycles. The van der Waals surface area contributed by atoms with E-state index in [1.54, 1.807) is 6.92 Å². The topological polar surface area (TPSA) is 66.4 Å². The van der Waals surface area contributed by atoms with Gasteiger partial charge in [-0.25, -0.2) is 8.42 Å². The van der Waals surface area contributed by atoms with Crippen LogP contribution >= 0.6 is 0 Å². The van der Waals surface area contributed by atoms with Gasteiger partial charge in [-0.15, -0.1) is 0 Å². The van der Waals surface area contributed by atoms with E-state index in [4.69, 9.17) is 0 Å². The van der Waals surface area contributed by atoms with Crippen LogP contribution in [0.15, 0.2) is 36.4 Å². The Balaban J connectivity index is 2.13. The molecule has 0 radical (unpaired) electrons. The van der Waals surface area contributed by atoms with E-state index >= 15 is 0 Å². The number of phenolic OH excluding ortho intramolecular Hbond substituents is 1. The van der Waals surface area contributed by atoms with Gasteiger partial charge in [-0.1, -0.05) is 43.3 Å². The molecule has 0 heterocycles. The maximum absolute atomic E-state index is 11.5. The van der Waals surface area contributed by atoms with Crippen molar-refractivity contribution in [1.29, 1.82) is 0 Å². The fraction of sp³-hybridized carbons (Fsp3) is 0.375. The van der Waals surface area contributed by atoms with Gasteiger partial charge in [-0.3, -0.25) is 0 Å². The summed E-state index contributed by atoms with van der Waals surface area (Å²) in [5, 5.41) is 15.3. The Morgan fingerprint density at radius 2 is 1.90 bits per heavy atom. The van der Waals surface area contributed by atoms with Gasteiger partial charge in [-0.2, -0.15) is 0 Å². The highest BCUT2D eigenvalue weighted by Crippen LogP contribution is 2.32. The number of benzene rings is 2. The van der Waals surface area contributed by atoms with Crippen molar-refractivity contribution in [3.05, 3.63) is 42.0 Å². The van der Waals surface area contributed by atoms with Crippen LogP contribution in [0, 0.1) is 0 Å². The van der Waals surface area contributed by atoms with E-state index in [0.29, 0.717) is 6.54 Å². The van der Waals surface area contributed by atoms with E-state index in [1.807, 2.05) is 43.3 Å². The summed E-state index contributed by atoms with van der Waals surface area (Å²) in [6.45, 7) is 3.94. The fourth-order valence-corrected chi connectivity index (χ4v) is 3.02. The molecule has 21 heavy (non-hydrogen) atoms. The second-order valence-corrected chi connectivity index (χ2v) is 7.61. The molecule has 0 aromatic heterocycles. The highest BCUT2D eigenvalue weighted by Gasteiger charge is 2.14. The number of sulfone groups is 1. The van der Waals surface area contributed by atoms with Crippen LogP contribution < -0.4 is 5.32 Å². The predicted molar refractivity (Wildman–Crippen MR) is 86.4 cm³/mol. The van der Waals surface area contributed by atoms with Gasteiger partial charge in [0.05, 0.1) is 5.75 Å². The van der Waals surface area contributed by atoms with E-state index in [2.05, 4.69) is 5.32 Å². The average molecular weight is 307 g/mol. The molecule has 0 amide bonds. The number of phenols is 1. The lowest BCUT2D eigenvalue weighted by atomic mass is 10.0. The minimum atomic E-state index is -2.97. The molecular weight excluding hydrogens is 286 g/mol. The molecule has 0 saturated heterocycles. The summed E-state index contributed by atoms with van der Waals surface area (Å²) in [5.41, 5.74) is 0.780. The van der Waals surface area contributed by atoms with Crippen LogP contribution in [0.3, 0.4) is 0 Å². The molecule has 4 nitrogen and oxygen atoms in total. The lowest BCUT2D eigenvalue weighted by Crippen LogP contribution is -2.26. The molecule has 0 fully saturated rings. The van der Waals surface area contributed by atoms with Gasteiger partial charge in [0.15, 0.2) is 9.84 Å². The molecule has 0 bridgehead atoms. The Kier molecular flexibility index (Phi) is 4.85. The molecule has 5 heteroatoms. The lowest BCUT2D eigenvalue weighted by molar-refractivity contribution is 0.460. The molecular formula is C16H21NO3S.